The van der Waals surface area contributed by atoms with E-state index in [-0.39, 0.29) is 19.5 Å². The number of benzene rings is 2. The van der Waals surface area contributed by atoms with Gasteiger partial charge in [-0.3, -0.25) is 4.72 Å². The summed E-state index contributed by atoms with van der Waals surface area (Å²) in [6, 6.07) is 11.6. The Kier molecular flexibility index (Phi) is 6.01. The number of hydrogen-bond acceptors (Lipinski definition) is 8. The van der Waals surface area contributed by atoms with Crippen LogP contribution >= 0.6 is 11.3 Å². The van der Waals surface area contributed by atoms with Gasteiger partial charge in [0.25, 0.3) is 10.0 Å². The number of carboxylic acids is 1. The van der Waals surface area contributed by atoms with Crippen LogP contribution in [0.2, 0.25) is 0 Å². The number of sulfone groups is 1. The van der Waals surface area contributed by atoms with Crippen molar-refractivity contribution >= 4 is 55.4 Å². The lowest BCUT2D eigenvalue weighted by Crippen LogP contribution is -2.30. The van der Waals surface area contributed by atoms with Crippen LogP contribution in [-0.4, -0.2) is 45.1 Å². The summed E-state index contributed by atoms with van der Waals surface area (Å²) in [6.45, 7) is 0. The van der Waals surface area contributed by atoms with Gasteiger partial charge < -0.3 is 15.2 Å². The molecule has 9 nitrogen and oxygen atoms in total. The van der Waals surface area contributed by atoms with Gasteiger partial charge in [-0.1, -0.05) is 24.3 Å². The molecule has 0 spiro atoms. The van der Waals surface area contributed by atoms with Crippen LogP contribution in [0.4, 0.5) is 5.69 Å². The molecule has 1 heterocycles. The van der Waals surface area contributed by atoms with Crippen molar-refractivity contribution in [3.05, 3.63) is 65.5 Å². The predicted molar refractivity (Wildman–Crippen MR) is 110 cm³/mol. The fourth-order valence-corrected chi connectivity index (χ4v) is 6.48. The van der Waals surface area contributed by atoms with Crippen LogP contribution in [0.3, 0.4) is 0 Å². The average molecular weight is 467 g/mol. The molecule has 13 heteroatoms. The molecule has 3 rings (SSSR count). The van der Waals surface area contributed by atoms with Crippen molar-refractivity contribution in [3.63, 3.8) is 0 Å². The highest BCUT2D eigenvalue weighted by atomic mass is 32.2. The molecule has 0 amide bonds. The van der Waals surface area contributed by atoms with Gasteiger partial charge in [0, 0.05) is 5.38 Å². The molecule has 0 unspecified atom stereocenters. The van der Waals surface area contributed by atoms with Gasteiger partial charge in [0.15, 0.2) is 0 Å². The largest absolute Gasteiger partial charge is 0.488 e. The summed E-state index contributed by atoms with van der Waals surface area (Å²) in [5.41, 5.74) is -0.943. The molecule has 0 aliphatic rings. The molecule has 0 aliphatic heterocycles. The van der Waals surface area contributed by atoms with Crippen molar-refractivity contribution in [3.8, 4) is 0 Å². The van der Waals surface area contributed by atoms with Crippen molar-refractivity contribution in [2.75, 3.05) is 4.72 Å². The summed E-state index contributed by atoms with van der Waals surface area (Å²) in [4.78, 5) is 11.2. The van der Waals surface area contributed by atoms with Gasteiger partial charge in [-0.2, -0.15) is 0 Å². The van der Waals surface area contributed by atoms with Crippen molar-refractivity contribution in [1.29, 1.82) is 0 Å². The zero-order valence-electron chi connectivity index (χ0n) is 15.0. The number of rotatable bonds is 7. The lowest BCUT2D eigenvalue weighted by molar-refractivity contribution is 0.0698. The minimum Gasteiger partial charge on any atom is -0.478 e. The molecule has 2 aromatic carbocycles. The standard InChI is InChI=1S/C17H14BNO8S3/c20-17(21)14-7-6-11(18(22)23)8-15(14)19-30(26,27)16-9-13(10-28-16)29(24,25)12-4-2-1-3-5-12/h1-10,19,22-23H,(H,20,21). The van der Waals surface area contributed by atoms with Gasteiger partial charge in [0.1, 0.15) is 4.21 Å². The number of anilines is 1. The molecule has 156 valence electrons. The molecule has 0 saturated carbocycles. The summed E-state index contributed by atoms with van der Waals surface area (Å²) >= 11 is 0.646. The summed E-state index contributed by atoms with van der Waals surface area (Å²) < 4.78 is 52.5. The minimum absolute atomic E-state index is 0.00231. The van der Waals surface area contributed by atoms with E-state index < -0.39 is 44.2 Å². The Bertz CT molecular complexity index is 1300. The molecular formula is C17H14BNO8S3. The second-order valence-electron chi connectivity index (χ2n) is 6.01. The number of carboxylic acid groups (broad SMARTS) is 1. The number of nitrogens with one attached hydrogen (secondary N) is 1. The van der Waals surface area contributed by atoms with Crippen LogP contribution in [0.1, 0.15) is 10.4 Å². The second-order valence-corrected chi connectivity index (χ2v) is 10.8. The molecule has 30 heavy (non-hydrogen) atoms. The summed E-state index contributed by atoms with van der Waals surface area (Å²) in [7, 11) is -10.2. The van der Waals surface area contributed by atoms with Crippen LogP contribution in [0.15, 0.2) is 74.0 Å². The number of hydrogen-bond donors (Lipinski definition) is 4. The van der Waals surface area contributed by atoms with E-state index in [9.17, 15) is 36.8 Å². The summed E-state index contributed by atoms with van der Waals surface area (Å²) in [6.07, 6.45) is 0. The second kappa shape index (κ2) is 8.20. The van der Waals surface area contributed by atoms with Crippen LogP contribution in [0.25, 0.3) is 0 Å². The Morgan fingerprint density at radius 2 is 1.60 bits per heavy atom. The van der Waals surface area contributed by atoms with Crippen LogP contribution in [0, 0.1) is 0 Å². The average Bonchev–Trinajstić information content (AvgIpc) is 3.20. The number of thiophene rings is 1. The van der Waals surface area contributed by atoms with E-state index in [4.69, 9.17) is 0 Å². The highest BCUT2D eigenvalue weighted by Gasteiger charge is 2.26. The third-order valence-electron chi connectivity index (χ3n) is 4.00. The Morgan fingerprint density at radius 3 is 2.20 bits per heavy atom. The van der Waals surface area contributed by atoms with E-state index in [1.165, 1.54) is 29.6 Å². The highest BCUT2D eigenvalue weighted by molar-refractivity contribution is 7.95. The SMILES string of the molecule is O=C(O)c1ccc(B(O)O)cc1NS(=O)(=O)c1cc(S(=O)(=O)c2ccccc2)cs1. The number of sulfonamides is 1. The van der Waals surface area contributed by atoms with Crippen molar-refractivity contribution < 1.29 is 36.8 Å². The minimum atomic E-state index is -4.36. The highest BCUT2D eigenvalue weighted by Crippen LogP contribution is 2.30. The first-order valence-corrected chi connectivity index (χ1v) is 12.0. The maximum Gasteiger partial charge on any atom is 0.488 e. The zero-order chi connectivity index (χ0) is 22.1. The summed E-state index contributed by atoms with van der Waals surface area (Å²) in [5, 5.41) is 29.0. The number of carbonyl (C=O) groups is 1. The number of aromatic carboxylic acids is 1. The van der Waals surface area contributed by atoms with Gasteiger partial charge in [0.2, 0.25) is 9.84 Å². The van der Waals surface area contributed by atoms with Gasteiger partial charge in [-0.15, -0.1) is 11.3 Å². The normalized spacial score (nSPS) is 11.8. The molecular weight excluding hydrogens is 453 g/mol. The maximum absolute atomic E-state index is 12.7. The van der Waals surface area contributed by atoms with Crippen LogP contribution in [0.5, 0.6) is 0 Å². The molecule has 1 aromatic heterocycles. The molecule has 3 aromatic rings. The fourth-order valence-electron chi connectivity index (χ4n) is 2.51. The fraction of sp³-hybridized carbons (Fsp3) is 0. The Labute approximate surface area is 176 Å². The predicted octanol–water partition coefficient (Wildman–Crippen LogP) is 0.760. The monoisotopic (exact) mass is 467 g/mol. The Balaban J connectivity index is 1.99. The third kappa shape index (κ3) is 4.39. The smallest absolute Gasteiger partial charge is 0.478 e. The van der Waals surface area contributed by atoms with Gasteiger partial charge in [0.05, 0.1) is 21.0 Å². The zero-order valence-corrected chi connectivity index (χ0v) is 17.4. The molecule has 0 aliphatic carbocycles. The molecule has 0 radical (unpaired) electrons. The third-order valence-corrected chi connectivity index (χ3v) is 8.70. The van der Waals surface area contributed by atoms with E-state index >= 15 is 0 Å². The topological polar surface area (TPSA) is 158 Å². The van der Waals surface area contributed by atoms with Crippen LogP contribution < -0.4 is 10.2 Å². The molecule has 0 atom stereocenters. The van der Waals surface area contributed by atoms with E-state index in [1.54, 1.807) is 6.07 Å². The molecule has 0 bridgehead atoms. The quantitative estimate of drug-likeness (QED) is 0.371. The van der Waals surface area contributed by atoms with Gasteiger partial charge in [-0.05, 0) is 35.8 Å². The van der Waals surface area contributed by atoms with Crippen molar-refractivity contribution in [2.45, 2.75) is 14.0 Å². The molecule has 0 fully saturated rings. The first-order valence-electron chi connectivity index (χ1n) is 8.17. The van der Waals surface area contributed by atoms with E-state index in [0.717, 1.165) is 24.3 Å². The Hall–Kier alpha value is -2.71. The Morgan fingerprint density at radius 1 is 0.933 bits per heavy atom. The molecule has 4 N–H and O–H groups in total. The van der Waals surface area contributed by atoms with Gasteiger partial charge in [-0.25, -0.2) is 21.6 Å². The first kappa shape index (κ1) is 22.0. The maximum atomic E-state index is 12.7. The van der Waals surface area contributed by atoms with E-state index in [2.05, 4.69) is 4.72 Å². The van der Waals surface area contributed by atoms with E-state index in [1.807, 2.05) is 0 Å². The molecule has 0 saturated heterocycles. The lowest BCUT2D eigenvalue weighted by Gasteiger charge is -2.11. The first-order chi connectivity index (χ1) is 14.0. The van der Waals surface area contributed by atoms with E-state index in [0.29, 0.717) is 11.3 Å². The van der Waals surface area contributed by atoms with Crippen molar-refractivity contribution in [1.82, 2.24) is 0 Å². The van der Waals surface area contributed by atoms with Crippen LogP contribution in [-0.2, 0) is 19.9 Å². The summed E-state index contributed by atoms with van der Waals surface area (Å²) in [5.74, 6) is -1.44. The van der Waals surface area contributed by atoms with Gasteiger partial charge >= 0.3 is 13.1 Å². The van der Waals surface area contributed by atoms with Crippen molar-refractivity contribution in [2.24, 2.45) is 0 Å². The lowest BCUT2D eigenvalue weighted by atomic mass is 9.79.